The van der Waals surface area contributed by atoms with Crippen LogP contribution in [0.3, 0.4) is 0 Å². The summed E-state index contributed by atoms with van der Waals surface area (Å²) < 4.78 is 32.7. The first-order valence-corrected chi connectivity index (χ1v) is 12.3. The number of carbonyl (C=O) groups excluding carboxylic acids is 2. The van der Waals surface area contributed by atoms with E-state index in [0.717, 1.165) is 5.56 Å². The van der Waals surface area contributed by atoms with E-state index in [4.69, 9.17) is 11.3 Å². The smallest absolute Gasteiger partial charge is 0.410 e. The Hall–Kier alpha value is -3.42. The molecule has 2 atom stereocenters. The Labute approximate surface area is 200 Å². The maximum atomic E-state index is 13.1. The quantitative estimate of drug-likeness (QED) is 0.609. The van der Waals surface area contributed by atoms with E-state index < -0.39 is 22.2 Å². The van der Waals surface area contributed by atoms with Crippen molar-refractivity contribution in [3.8, 4) is 5.75 Å². The Bertz CT molecular complexity index is 1170. The highest BCUT2D eigenvalue weighted by Crippen LogP contribution is 2.27. The fraction of sp³-hybridized carbons (Fsp3) is 0.375. The molecule has 0 saturated carbocycles. The summed E-state index contributed by atoms with van der Waals surface area (Å²) >= 11 is 0. The molecule has 0 aliphatic carbocycles. The third kappa shape index (κ3) is 5.92. The lowest BCUT2D eigenvalue weighted by Crippen LogP contribution is -2.48. The van der Waals surface area contributed by atoms with Crippen LogP contribution in [0.1, 0.15) is 25.3 Å². The standard InChI is InChI=1S/C24H28N4O5S/c1-17(16-18-7-11-20(12-8-18)33-24(30)27(3)4)26-23(29)22-6-5-15-28(22)34(31,32)21-13-9-19(25-2)10-14-21/h7-14,17,22H,5-6,15-16H2,1,3-4H3,(H,26,29)/t17-,22+/m1/s1. The first kappa shape index (κ1) is 25.2. The highest BCUT2D eigenvalue weighted by molar-refractivity contribution is 7.89. The van der Waals surface area contributed by atoms with Crippen molar-refractivity contribution in [1.82, 2.24) is 14.5 Å². The molecule has 0 radical (unpaired) electrons. The van der Waals surface area contributed by atoms with Crippen LogP contribution in [-0.4, -0.2) is 62.3 Å². The molecule has 1 aliphatic rings. The van der Waals surface area contributed by atoms with Crippen LogP contribution in [0.5, 0.6) is 5.75 Å². The van der Waals surface area contributed by atoms with E-state index in [1.54, 1.807) is 26.2 Å². The van der Waals surface area contributed by atoms with Crippen molar-refractivity contribution in [2.45, 2.75) is 43.2 Å². The molecular formula is C24H28N4O5S. The lowest BCUT2D eigenvalue weighted by Gasteiger charge is -2.25. The van der Waals surface area contributed by atoms with Gasteiger partial charge in [0.15, 0.2) is 5.69 Å². The number of hydrogen-bond donors (Lipinski definition) is 1. The van der Waals surface area contributed by atoms with Crippen molar-refractivity contribution in [2.24, 2.45) is 0 Å². The highest BCUT2D eigenvalue weighted by Gasteiger charge is 2.39. The Morgan fingerprint density at radius 3 is 2.41 bits per heavy atom. The minimum atomic E-state index is -3.85. The van der Waals surface area contributed by atoms with Crippen LogP contribution in [0.25, 0.3) is 4.85 Å². The van der Waals surface area contributed by atoms with E-state index in [1.807, 2.05) is 19.1 Å². The predicted octanol–water partition coefficient (Wildman–Crippen LogP) is 3.20. The summed E-state index contributed by atoms with van der Waals surface area (Å²) in [5, 5.41) is 2.93. The Kier molecular flexibility index (Phi) is 7.91. The second-order valence-electron chi connectivity index (χ2n) is 8.40. The second-order valence-corrected chi connectivity index (χ2v) is 10.3. The average molecular weight is 485 g/mol. The van der Waals surface area contributed by atoms with E-state index in [9.17, 15) is 18.0 Å². The number of amides is 2. The highest BCUT2D eigenvalue weighted by atomic mass is 32.2. The molecule has 0 bridgehead atoms. The Balaban J connectivity index is 1.61. The zero-order valence-electron chi connectivity index (χ0n) is 19.4. The molecule has 3 rings (SSSR count). The molecule has 2 amide bonds. The van der Waals surface area contributed by atoms with Crippen molar-refractivity contribution in [3.05, 3.63) is 65.5 Å². The molecule has 1 aliphatic heterocycles. The molecule has 9 nitrogen and oxygen atoms in total. The van der Waals surface area contributed by atoms with Crippen molar-refractivity contribution >= 4 is 27.7 Å². The van der Waals surface area contributed by atoms with E-state index in [-0.39, 0.29) is 23.4 Å². The molecule has 0 unspecified atom stereocenters. The monoisotopic (exact) mass is 484 g/mol. The number of ether oxygens (including phenoxy) is 1. The first-order valence-electron chi connectivity index (χ1n) is 10.9. The summed E-state index contributed by atoms with van der Waals surface area (Å²) in [6, 6.07) is 11.7. The number of rotatable bonds is 7. The lowest BCUT2D eigenvalue weighted by molar-refractivity contribution is -0.124. The van der Waals surface area contributed by atoms with Gasteiger partial charge < -0.3 is 15.0 Å². The van der Waals surface area contributed by atoms with Crippen LogP contribution in [0.15, 0.2) is 53.4 Å². The molecule has 10 heteroatoms. The second kappa shape index (κ2) is 10.7. The fourth-order valence-corrected chi connectivity index (χ4v) is 5.40. The number of hydrogen-bond acceptors (Lipinski definition) is 5. The van der Waals surface area contributed by atoms with Crippen molar-refractivity contribution in [3.63, 3.8) is 0 Å². The van der Waals surface area contributed by atoms with Crippen LogP contribution in [0, 0.1) is 6.57 Å². The van der Waals surface area contributed by atoms with Crippen LogP contribution in [-0.2, 0) is 21.2 Å². The summed E-state index contributed by atoms with van der Waals surface area (Å²) in [5.41, 5.74) is 1.29. The molecule has 1 fully saturated rings. The van der Waals surface area contributed by atoms with Gasteiger partial charge in [-0.05, 0) is 43.9 Å². The molecular weight excluding hydrogens is 456 g/mol. The molecule has 1 saturated heterocycles. The van der Waals surface area contributed by atoms with Crippen LogP contribution >= 0.6 is 0 Å². The third-order valence-corrected chi connectivity index (χ3v) is 7.43. The molecule has 2 aromatic rings. The van der Waals surface area contributed by atoms with Crippen molar-refractivity contribution in [1.29, 1.82) is 0 Å². The predicted molar refractivity (Wildman–Crippen MR) is 127 cm³/mol. The van der Waals surface area contributed by atoms with Crippen LogP contribution < -0.4 is 10.1 Å². The summed E-state index contributed by atoms with van der Waals surface area (Å²) in [5.74, 6) is 0.0956. The number of benzene rings is 2. The number of sulfonamides is 1. The van der Waals surface area contributed by atoms with Crippen LogP contribution in [0.4, 0.5) is 10.5 Å². The first-order chi connectivity index (χ1) is 16.1. The van der Waals surface area contributed by atoms with Gasteiger partial charge in [-0.2, -0.15) is 4.31 Å². The molecule has 180 valence electrons. The van der Waals surface area contributed by atoms with Crippen LogP contribution in [0.2, 0.25) is 0 Å². The maximum Gasteiger partial charge on any atom is 0.414 e. The average Bonchev–Trinajstić information content (AvgIpc) is 3.31. The van der Waals surface area contributed by atoms with Gasteiger partial charge in [-0.1, -0.05) is 36.4 Å². The van der Waals surface area contributed by atoms with E-state index in [0.29, 0.717) is 30.7 Å². The molecule has 34 heavy (non-hydrogen) atoms. The summed E-state index contributed by atoms with van der Waals surface area (Å²) in [4.78, 5) is 29.3. The number of nitrogens with zero attached hydrogens (tertiary/aromatic N) is 3. The summed E-state index contributed by atoms with van der Waals surface area (Å²) in [6.45, 7) is 9.14. The van der Waals surface area contributed by atoms with E-state index in [1.165, 1.54) is 33.5 Å². The van der Waals surface area contributed by atoms with Gasteiger partial charge in [0, 0.05) is 26.7 Å². The van der Waals surface area contributed by atoms with Gasteiger partial charge in [0.05, 0.1) is 11.5 Å². The normalized spacial score (nSPS) is 16.9. The minimum absolute atomic E-state index is 0.0719. The maximum absolute atomic E-state index is 13.1. The van der Waals surface area contributed by atoms with Gasteiger partial charge >= 0.3 is 6.09 Å². The van der Waals surface area contributed by atoms with Crippen molar-refractivity contribution in [2.75, 3.05) is 20.6 Å². The topological polar surface area (TPSA) is 100 Å². The Morgan fingerprint density at radius 2 is 1.82 bits per heavy atom. The van der Waals surface area contributed by atoms with E-state index in [2.05, 4.69) is 10.2 Å². The lowest BCUT2D eigenvalue weighted by atomic mass is 10.1. The van der Waals surface area contributed by atoms with Crippen molar-refractivity contribution < 1.29 is 22.7 Å². The minimum Gasteiger partial charge on any atom is -0.410 e. The van der Waals surface area contributed by atoms with Gasteiger partial charge in [-0.25, -0.2) is 18.1 Å². The van der Waals surface area contributed by atoms with Gasteiger partial charge in [0.1, 0.15) is 11.8 Å². The Morgan fingerprint density at radius 1 is 1.18 bits per heavy atom. The summed E-state index contributed by atoms with van der Waals surface area (Å²) in [6.07, 6.45) is 1.11. The molecule has 1 heterocycles. The van der Waals surface area contributed by atoms with Gasteiger partial charge in [0.2, 0.25) is 15.9 Å². The van der Waals surface area contributed by atoms with Gasteiger partial charge in [-0.3, -0.25) is 4.79 Å². The largest absolute Gasteiger partial charge is 0.414 e. The van der Waals surface area contributed by atoms with Gasteiger partial charge in [-0.15, -0.1) is 0 Å². The zero-order chi connectivity index (χ0) is 24.9. The zero-order valence-corrected chi connectivity index (χ0v) is 20.2. The third-order valence-electron chi connectivity index (χ3n) is 5.50. The number of nitrogens with one attached hydrogen (secondary N) is 1. The number of carbonyl (C=O) groups is 2. The van der Waals surface area contributed by atoms with Gasteiger partial charge in [0.25, 0.3) is 0 Å². The SMILES string of the molecule is [C-]#[N+]c1ccc(S(=O)(=O)N2CCC[C@H]2C(=O)N[C@H](C)Cc2ccc(OC(=O)N(C)C)cc2)cc1. The van der Waals surface area contributed by atoms with E-state index >= 15 is 0 Å². The molecule has 0 aromatic heterocycles. The summed E-state index contributed by atoms with van der Waals surface area (Å²) in [7, 11) is -0.648. The molecule has 1 N–H and O–H groups in total. The molecule has 0 spiro atoms. The fourth-order valence-electron chi connectivity index (χ4n) is 3.75. The molecule has 2 aromatic carbocycles.